The number of ether oxygens (including phenoxy) is 2. The molecular formula is C13H18BrNO3. The Morgan fingerprint density at radius 1 is 1.33 bits per heavy atom. The fourth-order valence-corrected chi connectivity index (χ4v) is 2.06. The van der Waals surface area contributed by atoms with Gasteiger partial charge in [-0.3, -0.25) is 4.79 Å². The molecule has 0 aliphatic carbocycles. The smallest absolute Gasteiger partial charge is 0.251 e. The van der Waals surface area contributed by atoms with E-state index in [1.54, 1.807) is 20.3 Å². The van der Waals surface area contributed by atoms with Gasteiger partial charge in [-0.1, -0.05) is 22.0 Å². The molecule has 0 heterocycles. The van der Waals surface area contributed by atoms with Crippen LogP contribution in [0.2, 0.25) is 0 Å². The summed E-state index contributed by atoms with van der Waals surface area (Å²) in [5.41, 5.74) is 1.57. The number of benzene rings is 1. The first kappa shape index (κ1) is 15.1. The van der Waals surface area contributed by atoms with Gasteiger partial charge in [-0.2, -0.15) is 0 Å². The van der Waals surface area contributed by atoms with Crippen LogP contribution in [0.1, 0.15) is 22.8 Å². The largest absolute Gasteiger partial charge is 0.354 e. The first-order valence-electron chi connectivity index (χ1n) is 5.62. The molecule has 1 unspecified atom stereocenters. The summed E-state index contributed by atoms with van der Waals surface area (Å²) in [6.07, 6.45) is -0.457. The number of carbonyl (C=O) groups excluding carboxylic acids is 1. The first-order valence-corrected chi connectivity index (χ1v) is 6.41. The number of hydrogen-bond donors (Lipinski definition) is 1. The minimum absolute atomic E-state index is 0.139. The van der Waals surface area contributed by atoms with Crippen molar-refractivity contribution in [1.29, 1.82) is 0 Å². The molecule has 1 amide bonds. The summed E-state index contributed by atoms with van der Waals surface area (Å²) >= 11 is 3.36. The molecule has 5 heteroatoms. The summed E-state index contributed by atoms with van der Waals surface area (Å²) in [4.78, 5) is 12.1. The normalized spacial score (nSPS) is 12.6. The van der Waals surface area contributed by atoms with Crippen molar-refractivity contribution in [3.05, 3.63) is 33.8 Å². The summed E-state index contributed by atoms with van der Waals surface area (Å²) in [7, 11) is 3.09. The zero-order valence-corrected chi connectivity index (χ0v) is 12.6. The van der Waals surface area contributed by atoms with Crippen molar-refractivity contribution < 1.29 is 14.3 Å². The average molecular weight is 316 g/mol. The minimum Gasteiger partial charge on any atom is -0.354 e. The summed E-state index contributed by atoms with van der Waals surface area (Å²) in [5, 5.41) is 2.86. The molecule has 0 saturated heterocycles. The van der Waals surface area contributed by atoms with Gasteiger partial charge in [-0.15, -0.1) is 0 Å². The highest BCUT2D eigenvalue weighted by Crippen LogP contribution is 2.16. The van der Waals surface area contributed by atoms with Crippen LogP contribution in [0, 0.1) is 6.92 Å². The van der Waals surface area contributed by atoms with E-state index in [-0.39, 0.29) is 11.9 Å². The molecule has 0 aromatic heterocycles. The van der Waals surface area contributed by atoms with Gasteiger partial charge in [0.15, 0.2) is 6.29 Å². The Morgan fingerprint density at radius 2 is 1.94 bits per heavy atom. The number of halogens is 1. The summed E-state index contributed by atoms with van der Waals surface area (Å²) in [5.74, 6) is -0.139. The molecule has 0 saturated carbocycles. The van der Waals surface area contributed by atoms with Crippen LogP contribution in [0.5, 0.6) is 0 Å². The fraction of sp³-hybridized carbons (Fsp3) is 0.462. The topological polar surface area (TPSA) is 47.6 Å². The summed E-state index contributed by atoms with van der Waals surface area (Å²) in [6.45, 7) is 3.74. The molecule has 18 heavy (non-hydrogen) atoms. The third-order valence-corrected chi connectivity index (χ3v) is 3.17. The molecule has 0 aliphatic rings. The Balaban J connectivity index is 2.79. The van der Waals surface area contributed by atoms with E-state index in [1.165, 1.54) is 0 Å². The SMILES string of the molecule is COC(OC)C(C)NC(=O)c1cc(Br)ccc1C. The lowest BCUT2D eigenvalue weighted by molar-refractivity contribution is -0.117. The van der Waals surface area contributed by atoms with Crippen molar-refractivity contribution >= 4 is 21.8 Å². The number of carbonyl (C=O) groups is 1. The number of aryl methyl sites for hydroxylation is 1. The third kappa shape index (κ3) is 3.80. The monoisotopic (exact) mass is 315 g/mol. The van der Waals surface area contributed by atoms with Gasteiger partial charge in [0.1, 0.15) is 0 Å². The van der Waals surface area contributed by atoms with Gasteiger partial charge in [0, 0.05) is 24.3 Å². The lowest BCUT2D eigenvalue weighted by Crippen LogP contribution is -2.43. The molecule has 0 spiro atoms. The van der Waals surface area contributed by atoms with E-state index in [0.717, 1.165) is 10.0 Å². The van der Waals surface area contributed by atoms with Gasteiger partial charge in [0.2, 0.25) is 0 Å². The molecular weight excluding hydrogens is 298 g/mol. The van der Waals surface area contributed by atoms with Crippen LogP contribution in [0.4, 0.5) is 0 Å². The van der Waals surface area contributed by atoms with Gasteiger partial charge >= 0.3 is 0 Å². The van der Waals surface area contributed by atoms with Gasteiger partial charge < -0.3 is 14.8 Å². The highest BCUT2D eigenvalue weighted by molar-refractivity contribution is 9.10. The second-order valence-corrected chi connectivity index (χ2v) is 4.98. The molecule has 4 nitrogen and oxygen atoms in total. The lowest BCUT2D eigenvalue weighted by atomic mass is 10.1. The van der Waals surface area contributed by atoms with E-state index in [4.69, 9.17) is 9.47 Å². The number of hydrogen-bond acceptors (Lipinski definition) is 3. The predicted molar refractivity (Wildman–Crippen MR) is 73.6 cm³/mol. The van der Waals surface area contributed by atoms with Crippen molar-refractivity contribution in [3.8, 4) is 0 Å². The standard InChI is InChI=1S/C13H18BrNO3/c1-8-5-6-10(14)7-11(8)12(16)15-9(2)13(17-3)18-4/h5-7,9,13H,1-4H3,(H,15,16). The molecule has 0 fully saturated rings. The van der Waals surface area contributed by atoms with E-state index in [2.05, 4.69) is 21.2 Å². The van der Waals surface area contributed by atoms with Crippen molar-refractivity contribution in [2.24, 2.45) is 0 Å². The van der Waals surface area contributed by atoms with Crippen LogP contribution < -0.4 is 5.32 Å². The van der Waals surface area contributed by atoms with E-state index < -0.39 is 6.29 Å². The van der Waals surface area contributed by atoms with Crippen LogP contribution >= 0.6 is 15.9 Å². The van der Waals surface area contributed by atoms with Crippen molar-refractivity contribution in [3.63, 3.8) is 0 Å². The van der Waals surface area contributed by atoms with E-state index in [1.807, 2.05) is 26.0 Å². The van der Waals surface area contributed by atoms with Gasteiger partial charge in [-0.05, 0) is 31.5 Å². The molecule has 0 bridgehead atoms. The fourth-order valence-electron chi connectivity index (χ4n) is 1.70. The van der Waals surface area contributed by atoms with Gasteiger partial charge in [0.25, 0.3) is 5.91 Å². The van der Waals surface area contributed by atoms with Crippen molar-refractivity contribution in [2.75, 3.05) is 14.2 Å². The molecule has 1 aromatic carbocycles. The van der Waals surface area contributed by atoms with E-state index in [9.17, 15) is 4.79 Å². The molecule has 100 valence electrons. The Bertz CT molecular complexity index is 419. The number of nitrogens with one attached hydrogen (secondary N) is 1. The van der Waals surface area contributed by atoms with Crippen molar-refractivity contribution in [1.82, 2.24) is 5.32 Å². The van der Waals surface area contributed by atoms with Crippen LogP contribution in [0.25, 0.3) is 0 Å². The molecule has 1 rings (SSSR count). The van der Waals surface area contributed by atoms with Gasteiger partial charge in [-0.25, -0.2) is 0 Å². The number of methoxy groups -OCH3 is 2. The second kappa shape index (κ2) is 6.87. The Morgan fingerprint density at radius 3 is 2.50 bits per heavy atom. The van der Waals surface area contributed by atoms with Crippen LogP contribution in [-0.2, 0) is 9.47 Å². The summed E-state index contributed by atoms with van der Waals surface area (Å²) < 4.78 is 11.1. The van der Waals surface area contributed by atoms with Gasteiger partial charge in [0.05, 0.1) is 6.04 Å². The highest BCUT2D eigenvalue weighted by atomic mass is 79.9. The lowest BCUT2D eigenvalue weighted by Gasteiger charge is -2.22. The quantitative estimate of drug-likeness (QED) is 0.849. The van der Waals surface area contributed by atoms with Crippen LogP contribution in [0.15, 0.2) is 22.7 Å². The third-order valence-electron chi connectivity index (χ3n) is 2.68. The van der Waals surface area contributed by atoms with Crippen LogP contribution in [0.3, 0.4) is 0 Å². The number of amides is 1. The maximum Gasteiger partial charge on any atom is 0.251 e. The molecule has 1 N–H and O–H groups in total. The zero-order valence-electron chi connectivity index (χ0n) is 11.0. The minimum atomic E-state index is -0.457. The Labute approximate surface area is 116 Å². The van der Waals surface area contributed by atoms with Crippen LogP contribution in [-0.4, -0.2) is 32.5 Å². The Kier molecular flexibility index (Phi) is 5.78. The average Bonchev–Trinajstić information content (AvgIpc) is 2.33. The highest BCUT2D eigenvalue weighted by Gasteiger charge is 2.19. The molecule has 0 radical (unpaired) electrons. The predicted octanol–water partition coefficient (Wildman–Crippen LogP) is 2.49. The molecule has 1 aromatic rings. The molecule has 1 atom stereocenters. The Hall–Kier alpha value is -0.910. The first-order chi connectivity index (χ1) is 8.49. The van der Waals surface area contributed by atoms with E-state index >= 15 is 0 Å². The van der Waals surface area contributed by atoms with Crippen molar-refractivity contribution in [2.45, 2.75) is 26.2 Å². The second-order valence-electron chi connectivity index (χ2n) is 4.06. The maximum atomic E-state index is 12.1. The van der Waals surface area contributed by atoms with E-state index in [0.29, 0.717) is 5.56 Å². The summed E-state index contributed by atoms with van der Waals surface area (Å²) in [6, 6.07) is 5.37. The number of rotatable bonds is 5. The maximum absolute atomic E-state index is 12.1. The molecule has 0 aliphatic heterocycles. The zero-order chi connectivity index (χ0) is 13.7.